The van der Waals surface area contributed by atoms with Crippen LogP contribution >= 0.6 is 0 Å². The molecule has 4 heteroatoms. The molecule has 1 aromatic rings. The molecule has 0 atom stereocenters. The third-order valence-corrected chi connectivity index (χ3v) is 5.33. The first-order valence-corrected chi connectivity index (χ1v) is 7.77. The van der Waals surface area contributed by atoms with Gasteiger partial charge in [0.15, 0.2) is 9.84 Å². The second-order valence-corrected chi connectivity index (χ2v) is 7.39. The molecule has 1 aromatic carbocycles. The molecule has 0 amide bonds. The van der Waals surface area contributed by atoms with Crippen LogP contribution < -0.4 is 0 Å². The van der Waals surface area contributed by atoms with E-state index in [4.69, 9.17) is 4.74 Å². The first-order valence-electron chi connectivity index (χ1n) is 5.95. The van der Waals surface area contributed by atoms with Gasteiger partial charge in [-0.25, -0.2) is 8.42 Å². The molecule has 0 radical (unpaired) electrons. The fourth-order valence-electron chi connectivity index (χ4n) is 2.24. The molecule has 18 heavy (non-hydrogen) atoms. The fraction of sp³-hybridized carbons (Fsp3) is 0.429. The summed E-state index contributed by atoms with van der Waals surface area (Å²) >= 11 is 0. The summed E-state index contributed by atoms with van der Waals surface area (Å²) < 4.78 is 27.8. The van der Waals surface area contributed by atoms with Crippen LogP contribution in [0.3, 0.4) is 0 Å². The maximum Gasteiger partial charge on any atom is 0.151 e. The number of benzene rings is 1. The topological polar surface area (TPSA) is 43.4 Å². The first-order chi connectivity index (χ1) is 8.40. The van der Waals surface area contributed by atoms with E-state index in [-0.39, 0.29) is 16.9 Å². The van der Waals surface area contributed by atoms with E-state index < -0.39 is 9.84 Å². The first kappa shape index (κ1) is 13.1. The maximum atomic E-state index is 11.1. The molecule has 0 N–H and O–H groups in total. The van der Waals surface area contributed by atoms with Gasteiger partial charge in [0.2, 0.25) is 0 Å². The number of hydrogen-bond donors (Lipinski definition) is 0. The smallest absolute Gasteiger partial charge is 0.151 e. The van der Waals surface area contributed by atoms with Crippen LogP contribution in [0.4, 0.5) is 0 Å². The monoisotopic (exact) mass is 266 g/mol. The largest absolute Gasteiger partial charge is 0.500 e. The summed E-state index contributed by atoms with van der Waals surface area (Å²) in [5, 5.41) is 0. The van der Waals surface area contributed by atoms with Crippen LogP contribution in [0.5, 0.6) is 0 Å². The summed E-state index contributed by atoms with van der Waals surface area (Å²) in [7, 11) is -2.79. The molecule has 1 aliphatic heterocycles. The minimum Gasteiger partial charge on any atom is -0.500 e. The van der Waals surface area contributed by atoms with Crippen molar-refractivity contribution in [3.63, 3.8) is 0 Å². The van der Waals surface area contributed by atoms with Gasteiger partial charge in [-0.3, -0.25) is 0 Å². The third-order valence-electron chi connectivity index (χ3n) is 3.06. The highest BCUT2D eigenvalue weighted by Crippen LogP contribution is 2.32. The van der Waals surface area contributed by atoms with Crippen molar-refractivity contribution in [1.82, 2.24) is 0 Å². The molecule has 98 valence electrons. The van der Waals surface area contributed by atoms with Gasteiger partial charge in [-0.15, -0.1) is 0 Å². The predicted molar refractivity (Wildman–Crippen MR) is 72.8 cm³/mol. The highest BCUT2D eigenvalue weighted by atomic mass is 32.2. The van der Waals surface area contributed by atoms with Crippen molar-refractivity contribution in [1.29, 1.82) is 0 Å². The van der Waals surface area contributed by atoms with Crippen molar-refractivity contribution in [3.8, 4) is 0 Å². The highest BCUT2D eigenvalue weighted by Gasteiger charge is 2.45. The van der Waals surface area contributed by atoms with Gasteiger partial charge in [-0.1, -0.05) is 37.3 Å². The lowest BCUT2D eigenvalue weighted by atomic mass is 9.96. The van der Waals surface area contributed by atoms with Gasteiger partial charge in [0.25, 0.3) is 0 Å². The molecule has 1 saturated heterocycles. The molecule has 0 saturated carbocycles. The molecule has 0 spiro atoms. The van der Waals surface area contributed by atoms with E-state index in [0.717, 1.165) is 11.1 Å². The minimum atomic E-state index is -2.79. The normalized spacial score (nSPS) is 21.1. The van der Waals surface area contributed by atoms with E-state index in [0.29, 0.717) is 6.61 Å². The van der Waals surface area contributed by atoms with Crippen molar-refractivity contribution >= 4 is 15.4 Å². The zero-order chi connectivity index (χ0) is 13.2. The fourth-order valence-corrected chi connectivity index (χ4v) is 4.45. The third kappa shape index (κ3) is 3.13. The van der Waals surface area contributed by atoms with Crippen LogP contribution in [0.25, 0.3) is 5.57 Å². The highest BCUT2D eigenvalue weighted by molar-refractivity contribution is 7.92. The summed E-state index contributed by atoms with van der Waals surface area (Å²) in [6.45, 7) is 4.38. The Labute approximate surface area is 108 Å². The summed E-state index contributed by atoms with van der Waals surface area (Å²) in [5.74, 6) is 0.469. The molecule has 1 heterocycles. The van der Waals surface area contributed by atoms with E-state index in [1.807, 2.05) is 44.2 Å². The van der Waals surface area contributed by atoms with Crippen LogP contribution in [0.2, 0.25) is 0 Å². The molecule has 0 bridgehead atoms. The zero-order valence-electron chi connectivity index (χ0n) is 10.7. The standard InChI is InChI=1S/C14H18O3S/c1-12(13-6-4-3-5-7-13)8-17-9-14(2)10-18(15,16)11-14/h3-8H,9-11H2,1-2H3/b12-8-. The van der Waals surface area contributed by atoms with Crippen LogP contribution in [0, 0.1) is 5.41 Å². The van der Waals surface area contributed by atoms with Crippen molar-refractivity contribution in [3.05, 3.63) is 42.2 Å². The lowest BCUT2D eigenvalue weighted by Gasteiger charge is -2.36. The molecular weight excluding hydrogens is 248 g/mol. The van der Waals surface area contributed by atoms with Crippen LogP contribution in [-0.2, 0) is 14.6 Å². The zero-order valence-corrected chi connectivity index (χ0v) is 11.5. The van der Waals surface area contributed by atoms with Gasteiger partial charge in [0, 0.05) is 5.41 Å². The minimum absolute atomic E-state index is 0.216. The van der Waals surface area contributed by atoms with Gasteiger partial charge in [-0.2, -0.15) is 0 Å². The van der Waals surface area contributed by atoms with Gasteiger partial charge < -0.3 is 4.74 Å². The molecule has 3 nitrogen and oxygen atoms in total. The number of rotatable bonds is 4. The average Bonchev–Trinajstić information content (AvgIpc) is 2.27. The molecule has 1 aliphatic rings. The molecular formula is C14H18O3S. The lowest BCUT2D eigenvalue weighted by molar-refractivity contribution is 0.145. The van der Waals surface area contributed by atoms with E-state index in [9.17, 15) is 8.42 Å². The Morgan fingerprint density at radius 1 is 1.33 bits per heavy atom. The van der Waals surface area contributed by atoms with E-state index in [2.05, 4.69) is 0 Å². The van der Waals surface area contributed by atoms with Gasteiger partial charge in [-0.05, 0) is 18.1 Å². The van der Waals surface area contributed by atoms with Crippen LogP contribution in [0.15, 0.2) is 36.6 Å². The Bertz CT molecular complexity index is 532. The second kappa shape index (κ2) is 4.76. The predicted octanol–water partition coefficient (Wildman–Crippen LogP) is 2.50. The van der Waals surface area contributed by atoms with Gasteiger partial charge in [0.05, 0.1) is 24.4 Å². The number of allylic oxidation sites excluding steroid dienone is 1. The maximum absolute atomic E-state index is 11.1. The van der Waals surface area contributed by atoms with Crippen LogP contribution in [-0.4, -0.2) is 26.5 Å². The molecule has 0 aromatic heterocycles. The summed E-state index contributed by atoms with van der Waals surface area (Å²) in [6, 6.07) is 9.96. The molecule has 0 aliphatic carbocycles. The molecule has 2 rings (SSSR count). The Morgan fingerprint density at radius 2 is 1.94 bits per heavy atom. The van der Waals surface area contributed by atoms with Gasteiger partial charge >= 0.3 is 0 Å². The molecule has 1 fully saturated rings. The van der Waals surface area contributed by atoms with Crippen molar-refractivity contribution < 1.29 is 13.2 Å². The van der Waals surface area contributed by atoms with Gasteiger partial charge in [0.1, 0.15) is 0 Å². The summed E-state index contributed by atoms with van der Waals surface area (Å²) in [6.07, 6.45) is 1.71. The van der Waals surface area contributed by atoms with Crippen LogP contribution in [0.1, 0.15) is 19.4 Å². The van der Waals surface area contributed by atoms with Crippen molar-refractivity contribution in [2.75, 3.05) is 18.1 Å². The SMILES string of the molecule is C/C(=C/OCC1(C)CS(=O)(=O)C1)c1ccccc1. The molecule has 0 unspecified atom stereocenters. The Morgan fingerprint density at radius 3 is 2.50 bits per heavy atom. The van der Waals surface area contributed by atoms with E-state index in [1.54, 1.807) is 6.26 Å². The summed E-state index contributed by atoms with van der Waals surface area (Å²) in [4.78, 5) is 0. The van der Waals surface area contributed by atoms with Crippen molar-refractivity contribution in [2.45, 2.75) is 13.8 Å². The Hall–Kier alpha value is -1.29. The lowest BCUT2D eigenvalue weighted by Crippen LogP contribution is -2.49. The Kier molecular flexibility index (Phi) is 3.48. The number of sulfone groups is 1. The second-order valence-electron chi connectivity index (χ2n) is 5.32. The van der Waals surface area contributed by atoms with Crippen molar-refractivity contribution in [2.24, 2.45) is 5.41 Å². The van der Waals surface area contributed by atoms with E-state index >= 15 is 0 Å². The average molecular weight is 266 g/mol. The summed E-state index contributed by atoms with van der Waals surface area (Å²) in [5.41, 5.74) is 1.94. The number of hydrogen-bond acceptors (Lipinski definition) is 3. The Balaban J connectivity index is 1.89. The van der Waals surface area contributed by atoms with E-state index in [1.165, 1.54) is 0 Å². The quantitative estimate of drug-likeness (QED) is 0.786. The number of ether oxygens (including phenoxy) is 1.